The Bertz CT molecular complexity index is 892. The molecule has 126 valence electrons. The van der Waals surface area contributed by atoms with E-state index in [4.69, 9.17) is 16.6 Å². The third-order valence-corrected chi connectivity index (χ3v) is 4.88. The van der Waals surface area contributed by atoms with Crippen molar-refractivity contribution in [3.05, 3.63) is 76.3 Å². The van der Waals surface area contributed by atoms with Crippen molar-refractivity contribution in [3.8, 4) is 11.4 Å². The second-order valence-electron chi connectivity index (χ2n) is 6.38. The molecule has 0 unspecified atom stereocenters. The van der Waals surface area contributed by atoms with Crippen LogP contribution >= 0.6 is 11.6 Å². The molecule has 0 fully saturated rings. The fraction of sp³-hybridized carbons (Fsp3) is 0.250. The lowest BCUT2D eigenvalue weighted by atomic mass is 10.1. The number of pyridine rings is 1. The molecule has 0 bridgehead atoms. The van der Waals surface area contributed by atoms with E-state index in [1.807, 2.05) is 42.7 Å². The molecule has 0 N–H and O–H groups in total. The largest absolute Gasteiger partial charge is 0.294 e. The molecule has 0 atom stereocenters. The van der Waals surface area contributed by atoms with Crippen LogP contribution in [0.1, 0.15) is 22.5 Å². The monoisotopic (exact) mass is 350 g/mol. The Morgan fingerprint density at radius 2 is 1.96 bits per heavy atom. The number of fused-ring (bicyclic) bond motifs is 1. The van der Waals surface area contributed by atoms with Crippen LogP contribution in [0.2, 0.25) is 5.02 Å². The first-order chi connectivity index (χ1) is 12.2. The first-order valence-electron chi connectivity index (χ1n) is 8.42. The summed E-state index contributed by atoms with van der Waals surface area (Å²) >= 11 is 5.96. The highest BCUT2D eigenvalue weighted by molar-refractivity contribution is 6.30. The summed E-state index contributed by atoms with van der Waals surface area (Å²) in [5.41, 5.74) is 5.75. The highest BCUT2D eigenvalue weighted by Gasteiger charge is 2.19. The standard InChI is InChI=1S/C20H19ClN4/c1-14-16(3-2-9-22-14)12-25-10-8-19-17(13-25)11-23-20(24-19)15-4-6-18(21)7-5-15/h2-7,9,11H,8,10,12-13H2,1H3. The van der Waals surface area contributed by atoms with E-state index >= 15 is 0 Å². The summed E-state index contributed by atoms with van der Waals surface area (Å²) in [6, 6.07) is 11.8. The molecule has 2 aromatic heterocycles. The quantitative estimate of drug-likeness (QED) is 0.714. The van der Waals surface area contributed by atoms with Crippen molar-refractivity contribution in [2.24, 2.45) is 0 Å². The number of hydrogen-bond acceptors (Lipinski definition) is 4. The molecule has 0 radical (unpaired) electrons. The maximum absolute atomic E-state index is 5.96. The molecule has 0 amide bonds. The van der Waals surface area contributed by atoms with Crippen molar-refractivity contribution in [2.45, 2.75) is 26.4 Å². The second kappa shape index (κ2) is 6.90. The van der Waals surface area contributed by atoms with E-state index < -0.39 is 0 Å². The third-order valence-electron chi connectivity index (χ3n) is 4.63. The number of aromatic nitrogens is 3. The first-order valence-corrected chi connectivity index (χ1v) is 8.80. The van der Waals surface area contributed by atoms with E-state index in [0.717, 1.165) is 53.9 Å². The second-order valence-corrected chi connectivity index (χ2v) is 6.82. The zero-order chi connectivity index (χ0) is 17.2. The van der Waals surface area contributed by atoms with E-state index in [1.54, 1.807) is 0 Å². The molecule has 5 heteroatoms. The van der Waals surface area contributed by atoms with E-state index in [9.17, 15) is 0 Å². The van der Waals surface area contributed by atoms with Crippen molar-refractivity contribution in [3.63, 3.8) is 0 Å². The molecule has 25 heavy (non-hydrogen) atoms. The Kier molecular flexibility index (Phi) is 4.47. The summed E-state index contributed by atoms with van der Waals surface area (Å²) in [5, 5.41) is 0.725. The molecule has 0 saturated heterocycles. The summed E-state index contributed by atoms with van der Waals surface area (Å²) in [4.78, 5) is 16.1. The van der Waals surface area contributed by atoms with Gasteiger partial charge in [0.05, 0.1) is 5.69 Å². The van der Waals surface area contributed by atoms with Gasteiger partial charge in [0.1, 0.15) is 0 Å². The van der Waals surface area contributed by atoms with Gasteiger partial charge in [-0.05, 0) is 42.8 Å². The van der Waals surface area contributed by atoms with E-state index in [1.165, 1.54) is 11.1 Å². The van der Waals surface area contributed by atoms with Gasteiger partial charge in [-0.25, -0.2) is 9.97 Å². The normalized spacial score (nSPS) is 14.3. The van der Waals surface area contributed by atoms with Crippen LogP contribution in [0.25, 0.3) is 11.4 Å². The Labute approximate surface area is 152 Å². The molecule has 1 aromatic carbocycles. The fourth-order valence-electron chi connectivity index (χ4n) is 3.17. The molecular weight excluding hydrogens is 332 g/mol. The molecule has 0 spiro atoms. The zero-order valence-electron chi connectivity index (χ0n) is 14.1. The van der Waals surface area contributed by atoms with E-state index in [-0.39, 0.29) is 0 Å². The summed E-state index contributed by atoms with van der Waals surface area (Å²) < 4.78 is 0. The SMILES string of the molecule is Cc1ncccc1CN1CCc2nc(-c3ccc(Cl)cc3)ncc2C1. The lowest BCUT2D eigenvalue weighted by Gasteiger charge is -2.28. The predicted molar refractivity (Wildman–Crippen MR) is 99.3 cm³/mol. The van der Waals surface area contributed by atoms with E-state index in [0.29, 0.717) is 0 Å². The van der Waals surface area contributed by atoms with E-state index in [2.05, 4.69) is 27.9 Å². The Morgan fingerprint density at radius 3 is 2.76 bits per heavy atom. The van der Waals surface area contributed by atoms with Gasteiger partial charge in [-0.1, -0.05) is 17.7 Å². The van der Waals surface area contributed by atoms with Crippen LogP contribution in [0.4, 0.5) is 0 Å². The zero-order valence-corrected chi connectivity index (χ0v) is 14.9. The van der Waals surface area contributed by atoms with Crippen LogP contribution < -0.4 is 0 Å². The topological polar surface area (TPSA) is 41.9 Å². The van der Waals surface area contributed by atoms with Crippen molar-refractivity contribution in [1.82, 2.24) is 19.9 Å². The maximum atomic E-state index is 5.96. The third kappa shape index (κ3) is 3.55. The van der Waals surface area contributed by atoms with Crippen molar-refractivity contribution < 1.29 is 0 Å². The summed E-state index contributed by atoms with van der Waals surface area (Å²) in [6.45, 7) is 4.86. The first kappa shape index (κ1) is 16.2. The summed E-state index contributed by atoms with van der Waals surface area (Å²) in [6.07, 6.45) is 4.75. The average molecular weight is 351 g/mol. The van der Waals surface area contributed by atoms with Gasteiger partial charge < -0.3 is 0 Å². The minimum absolute atomic E-state index is 0.725. The van der Waals surface area contributed by atoms with Crippen LogP contribution in [-0.4, -0.2) is 26.4 Å². The van der Waals surface area contributed by atoms with Gasteiger partial charge in [0.2, 0.25) is 0 Å². The molecule has 3 heterocycles. The lowest BCUT2D eigenvalue weighted by Crippen LogP contribution is -2.31. The average Bonchev–Trinajstić information content (AvgIpc) is 2.64. The molecule has 4 nitrogen and oxygen atoms in total. The van der Waals surface area contributed by atoms with Gasteiger partial charge >= 0.3 is 0 Å². The van der Waals surface area contributed by atoms with Crippen LogP contribution in [0.3, 0.4) is 0 Å². The number of benzene rings is 1. The van der Waals surface area contributed by atoms with Gasteiger partial charge in [-0.15, -0.1) is 0 Å². The fourth-order valence-corrected chi connectivity index (χ4v) is 3.30. The number of rotatable bonds is 3. The van der Waals surface area contributed by atoms with Crippen LogP contribution in [0.5, 0.6) is 0 Å². The van der Waals surface area contributed by atoms with Crippen molar-refractivity contribution in [2.75, 3.05) is 6.54 Å². The number of aryl methyl sites for hydroxylation is 1. The van der Waals surface area contributed by atoms with Crippen LogP contribution in [0.15, 0.2) is 48.8 Å². The van der Waals surface area contributed by atoms with Gasteiger partial charge in [-0.2, -0.15) is 0 Å². The summed E-state index contributed by atoms with van der Waals surface area (Å²) in [5.74, 6) is 0.770. The van der Waals surface area contributed by atoms with Crippen LogP contribution in [-0.2, 0) is 19.5 Å². The Morgan fingerprint density at radius 1 is 1.12 bits per heavy atom. The molecule has 0 aliphatic carbocycles. The van der Waals surface area contributed by atoms with Crippen molar-refractivity contribution >= 4 is 11.6 Å². The minimum atomic E-state index is 0.725. The van der Waals surface area contributed by atoms with Gasteiger partial charge in [0.15, 0.2) is 5.82 Å². The highest BCUT2D eigenvalue weighted by atomic mass is 35.5. The molecule has 0 saturated carbocycles. The molecule has 4 rings (SSSR count). The Hall–Kier alpha value is -2.30. The number of nitrogens with zero attached hydrogens (tertiary/aromatic N) is 4. The minimum Gasteiger partial charge on any atom is -0.294 e. The molecule has 1 aliphatic heterocycles. The number of hydrogen-bond donors (Lipinski definition) is 0. The summed E-state index contributed by atoms with van der Waals surface area (Å²) in [7, 11) is 0. The molecular formula is C20H19ClN4. The van der Waals surface area contributed by atoms with Gasteiger partial charge in [-0.3, -0.25) is 9.88 Å². The van der Waals surface area contributed by atoms with Gasteiger partial charge in [0, 0.05) is 60.3 Å². The predicted octanol–water partition coefficient (Wildman–Crippen LogP) is 4.06. The Balaban J connectivity index is 1.52. The maximum Gasteiger partial charge on any atom is 0.159 e. The number of halogens is 1. The highest BCUT2D eigenvalue weighted by Crippen LogP contribution is 2.23. The molecule has 3 aromatic rings. The van der Waals surface area contributed by atoms with Gasteiger partial charge in [0.25, 0.3) is 0 Å². The smallest absolute Gasteiger partial charge is 0.159 e. The van der Waals surface area contributed by atoms with Crippen LogP contribution in [0, 0.1) is 6.92 Å². The molecule has 1 aliphatic rings. The van der Waals surface area contributed by atoms with Crippen molar-refractivity contribution in [1.29, 1.82) is 0 Å². The lowest BCUT2D eigenvalue weighted by molar-refractivity contribution is 0.242.